The Morgan fingerprint density at radius 3 is 2.12 bits per heavy atom. The molecule has 0 unspecified atom stereocenters. The van der Waals surface area contributed by atoms with Crippen molar-refractivity contribution in [2.24, 2.45) is 0 Å². The van der Waals surface area contributed by atoms with Crippen molar-refractivity contribution in [2.45, 2.75) is 11.8 Å². The van der Waals surface area contributed by atoms with Crippen LogP contribution in [0.15, 0.2) is 108 Å². The van der Waals surface area contributed by atoms with Crippen LogP contribution in [0.1, 0.15) is 16.7 Å². The smallest absolute Gasteiger partial charge is 0.264 e. The molecular formula is C32H32N4O3S. The number of carbonyl (C=O) groups excluding carboxylic acids is 1. The summed E-state index contributed by atoms with van der Waals surface area (Å²) in [5, 5.41) is 6.40. The summed E-state index contributed by atoms with van der Waals surface area (Å²) in [5.41, 5.74) is 5.98. The van der Waals surface area contributed by atoms with Crippen molar-refractivity contribution in [1.29, 1.82) is 0 Å². The van der Waals surface area contributed by atoms with E-state index in [1.54, 1.807) is 36.4 Å². The molecule has 0 aliphatic carbocycles. The molecular weight excluding hydrogens is 520 g/mol. The summed E-state index contributed by atoms with van der Waals surface area (Å²) < 4.78 is 28.8. The maximum atomic E-state index is 13.7. The van der Waals surface area contributed by atoms with E-state index in [0.29, 0.717) is 30.0 Å². The molecule has 40 heavy (non-hydrogen) atoms. The van der Waals surface area contributed by atoms with Crippen molar-refractivity contribution >= 4 is 44.3 Å². The maximum absolute atomic E-state index is 13.7. The molecule has 0 saturated carbocycles. The number of aryl methyl sites for hydroxylation is 1. The fraction of sp³-hybridized carbons (Fsp3) is 0.156. The maximum Gasteiger partial charge on any atom is 0.264 e. The minimum absolute atomic E-state index is 0.178. The summed E-state index contributed by atoms with van der Waals surface area (Å²) in [7, 11) is 0.0574. The normalized spacial score (nSPS) is 14.1. The van der Waals surface area contributed by atoms with Gasteiger partial charge in [0.2, 0.25) is 0 Å². The Labute approximate surface area is 235 Å². The molecule has 0 aromatic heterocycles. The van der Waals surface area contributed by atoms with Crippen molar-refractivity contribution in [3.05, 3.63) is 120 Å². The van der Waals surface area contributed by atoms with Crippen LogP contribution < -0.4 is 14.9 Å². The number of rotatable bonds is 9. The highest BCUT2D eigenvalue weighted by atomic mass is 32.2. The average molecular weight is 553 g/mol. The molecule has 0 spiro atoms. The van der Waals surface area contributed by atoms with Gasteiger partial charge in [-0.3, -0.25) is 9.10 Å². The van der Waals surface area contributed by atoms with Gasteiger partial charge in [0.1, 0.15) is 0 Å². The number of sulfonamides is 1. The quantitative estimate of drug-likeness (QED) is 0.261. The number of hydrogen-bond acceptors (Lipinski definition) is 5. The van der Waals surface area contributed by atoms with Crippen LogP contribution in [-0.2, 0) is 14.8 Å². The van der Waals surface area contributed by atoms with Crippen molar-refractivity contribution in [1.82, 2.24) is 4.90 Å². The number of anilines is 3. The molecule has 0 fully saturated rings. The Morgan fingerprint density at radius 1 is 0.800 bits per heavy atom. The van der Waals surface area contributed by atoms with Gasteiger partial charge in [-0.25, -0.2) is 8.42 Å². The van der Waals surface area contributed by atoms with E-state index in [1.807, 2.05) is 92.6 Å². The Hall–Kier alpha value is -4.40. The average Bonchev–Trinajstić information content (AvgIpc) is 3.28. The van der Waals surface area contributed by atoms with Gasteiger partial charge < -0.3 is 15.5 Å². The van der Waals surface area contributed by atoms with E-state index in [1.165, 1.54) is 4.31 Å². The molecule has 0 radical (unpaired) electrons. The Balaban J connectivity index is 1.51. The Morgan fingerprint density at radius 2 is 1.45 bits per heavy atom. The first-order valence-corrected chi connectivity index (χ1v) is 14.5. The van der Waals surface area contributed by atoms with Crippen LogP contribution in [0.3, 0.4) is 0 Å². The number of carbonyl (C=O) groups is 1. The van der Waals surface area contributed by atoms with Gasteiger partial charge in [0.05, 0.1) is 21.9 Å². The second-order valence-electron chi connectivity index (χ2n) is 9.98. The van der Waals surface area contributed by atoms with Crippen LogP contribution in [0.25, 0.3) is 11.3 Å². The zero-order valence-corrected chi connectivity index (χ0v) is 23.6. The van der Waals surface area contributed by atoms with Gasteiger partial charge in [0.25, 0.3) is 15.9 Å². The largest absolute Gasteiger partial charge is 0.354 e. The predicted octanol–water partition coefficient (Wildman–Crippen LogP) is 5.68. The van der Waals surface area contributed by atoms with E-state index in [0.717, 1.165) is 28.1 Å². The van der Waals surface area contributed by atoms with Gasteiger partial charge in [-0.15, -0.1) is 0 Å². The van der Waals surface area contributed by atoms with Crippen LogP contribution in [0, 0.1) is 6.92 Å². The molecule has 7 nitrogen and oxygen atoms in total. The molecule has 204 valence electrons. The standard InChI is InChI=1S/C32H32N4O3S/c1-23-13-19-27(20-14-23)40(38,39)36(22-21-35(2)3)26-17-15-25(16-18-26)33-31(24-9-5-4-6-10-24)30-28-11-7-8-12-29(28)34-32(30)37/h4-20,33H,21-22H2,1-3H3,(H,34,37)/b31-30-. The minimum Gasteiger partial charge on any atom is -0.354 e. The summed E-state index contributed by atoms with van der Waals surface area (Å²) in [5.74, 6) is -0.178. The molecule has 4 aromatic rings. The van der Waals surface area contributed by atoms with Crippen LogP contribution in [0.5, 0.6) is 0 Å². The van der Waals surface area contributed by atoms with Gasteiger partial charge in [-0.1, -0.05) is 66.2 Å². The number of hydrogen-bond donors (Lipinski definition) is 2. The fourth-order valence-corrected chi connectivity index (χ4v) is 6.08. The molecule has 1 heterocycles. The molecule has 4 aromatic carbocycles. The zero-order valence-electron chi connectivity index (χ0n) is 22.8. The highest BCUT2D eigenvalue weighted by Crippen LogP contribution is 2.37. The number of para-hydroxylation sites is 1. The first kappa shape index (κ1) is 27.2. The lowest BCUT2D eigenvalue weighted by Crippen LogP contribution is -2.36. The molecule has 2 N–H and O–H groups in total. The second-order valence-corrected chi connectivity index (χ2v) is 11.8. The molecule has 1 aliphatic rings. The molecule has 1 amide bonds. The second kappa shape index (κ2) is 11.4. The van der Waals surface area contributed by atoms with Gasteiger partial charge in [-0.05, 0) is 69.0 Å². The Kier molecular flexibility index (Phi) is 7.73. The van der Waals surface area contributed by atoms with Crippen molar-refractivity contribution < 1.29 is 13.2 Å². The van der Waals surface area contributed by atoms with Crippen LogP contribution >= 0.6 is 0 Å². The lowest BCUT2D eigenvalue weighted by atomic mass is 10.00. The van der Waals surface area contributed by atoms with Gasteiger partial charge >= 0.3 is 0 Å². The van der Waals surface area contributed by atoms with Crippen molar-refractivity contribution in [3.63, 3.8) is 0 Å². The highest BCUT2D eigenvalue weighted by molar-refractivity contribution is 7.92. The fourth-order valence-electron chi connectivity index (χ4n) is 4.62. The number of benzene rings is 4. The molecule has 0 atom stereocenters. The number of nitrogens with one attached hydrogen (secondary N) is 2. The van der Waals surface area contributed by atoms with Gasteiger partial charge in [-0.2, -0.15) is 0 Å². The van der Waals surface area contributed by atoms with Crippen LogP contribution in [0.4, 0.5) is 17.1 Å². The third-order valence-corrected chi connectivity index (χ3v) is 8.61. The number of likely N-dealkylation sites (N-methyl/N-ethyl adjacent to an activating group) is 1. The number of amides is 1. The van der Waals surface area contributed by atoms with Crippen LogP contribution in [0.2, 0.25) is 0 Å². The van der Waals surface area contributed by atoms with E-state index in [4.69, 9.17) is 0 Å². The summed E-state index contributed by atoms with van der Waals surface area (Å²) in [6, 6.07) is 31.5. The minimum atomic E-state index is -3.78. The first-order chi connectivity index (χ1) is 19.2. The van der Waals surface area contributed by atoms with Gasteiger partial charge in [0, 0.05) is 30.0 Å². The van der Waals surface area contributed by atoms with Crippen molar-refractivity contribution in [2.75, 3.05) is 42.1 Å². The van der Waals surface area contributed by atoms with Gasteiger partial charge in [0.15, 0.2) is 0 Å². The molecule has 1 aliphatic heterocycles. The van der Waals surface area contributed by atoms with E-state index >= 15 is 0 Å². The third-order valence-electron chi connectivity index (χ3n) is 6.77. The van der Waals surface area contributed by atoms with E-state index in [-0.39, 0.29) is 10.8 Å². The number of nitrogens with zero attached hydrogens (tertiary/aromatic N) is 2. The monoisotopic (exact) mass is 552 g/mol. The molecule has 5 rings (SSSR count). The zero-order chi connectivity index (χ0) is 28.3. The first-order valence-electron chi connectivity index (χ1n) is 13.1. The lowest BCUT2D eigenvalue weighted by Gasteiger charge is -2.26. The lowest BCUT2D eigenvalue weighted by molar-refractivity contribution is -0.110. The summed E-state index contributed by atoms with van der Waals surface area (Å²) in [6.45, 7) is 2.79. The SMILES string of the molecule is Cc1ccc(S(=O)(=O)N(CCN(C)C)c2ccc(N/C(=C3\C(=O)Nc4ccccc43)c3ccccc3)cc2)cc1. The highest BCUT2D eigenvalue weighted by Gasteiger charge is 2.28. The Bertz CT molecular complexity index is 1650. The molecule has 0 saturated heterocycles. The van der Waals surface area contributed by atoms with E-state index in [9.17, 15) is 13.2 Å². The topological polar surface area (TPSA) is 81.8 Å². The number of fused-ring (bicyclic) bond motifs is 1. The van der Waals surface area contributed by atoms with E-state index in [2.05, 4.69) is 10.6 Å². The third kappa shape index (κ3) is 5.64. The molecule has 8 heteroatoms. The van der Waals surface area contributed by atoms with E-state index < -0.39 is 10.0 Å². The van der Waals surface area contributed by atoms with Crippen LogP contribution in [-0.4, -0.2) is 46.4 Å². The summed E-state index contributed by atoms with van der Waals surface area (Å²) in [6.07, 6.45) is 0. The summed E-state index contributed by atoms with van der Waals surface area (Å²) >= 11 is 0. The summed E-state index contributed by atoms with van der Waals surface area (Å²) in [4.78, 5) is 15.3. The molecule has 0 bridgehead atoms. The predicted molar refractivity (Wildman–Crippen MR) is 163 cm³/mol. The van der Waals surface area contributed by atoms with Crippen molar-refractivity contribution in [3.8, 4) is 0 Å².